The minimum absolute atomic E-state index is 0.0543. The Hall–Kier alpha value is -2.48. The van der Waals surface area contributed by atoms with E-state index in [4.69, 9.17) is 0 Å². The van der Waals surface area contributed by atoms with Crippen LogP contribution < -0.4 is 5.69 Å². The molecule has 0 unspecified atom stereocenters. The second-order valence-corrected chi connectivity index (χ2v) is 6.78. The maximum atomic E-state index is 12.5. The fourth-order valence-corrected chi connectivity index (χ4v) is 3.95. The quantitative estimate of drug-likeness (QED) is 0.783. The number of hydrogen-bond donors (Lipinski definition) is 1. The Kier molecular flexibility index (Phi) is 3.89. The Bertz CT molecular complexity index is 914. The zero-order valence-electron chi connectivity index (χ0n) is 13.0. The summed E-state index contributed by atoms with van der Waals surface area (Å²) < 4.78 is 1.67. The molecule has 0 saturated carbocycles. The molecule has 1 saturated heterocycles. The van der Waals surface area contributed by atoms with E-state index in [9.17, 15) is 9.59 Å². The van der Waals surface area contributed by atoms with Crippen molar-refractivity contribution in [2.24, 2.45) is 0 Å². The number of piperidine rings is 1. The van der Waals surface area contributed by atoms with Crippen LogP contribution in [0.4, 0.5) is 0 Å². The number of fused-ring (bicyclic) bond motifs is 1. The number of aromatic amines is 1. The number of thiophene rings is 1. The molecule has 1 aliphatic heterocycles. The number of carbonyl (C=O) groups excluding carboxylic acids is 1. The zero-order chi connectivity index (χ0) is 16.5. The van der Waals surface area contributed by atoms with Crippen LogP contribution in [0.15, 0.2) is 34.1 Å². The molecule has 4 heterocycles. The van der Waals surface area contributed by atoms with Gasteiger partial charge in [-0.2, -0.15) is 11.3 Å². The lowest BCUT2D eigenvalue weighted by atomic mass is 10.0. The first-order valence-electron chi connectivity index (χ1n) is 7.91. The molecule has 7 nitrogen and oxygen atoms in total. The SMILES string of the molecule is O=C(Cc1ccsc1)N1CCC[C@@H](n2c(=O)[nH]c3cncnc32)C1. The van der Waals surface area contributed by atoms with Gasteiger partial charge in [-0.05, 0) is 35.2 Å². The largest absolute Gasteiger partial charge is 0.340 e. The normalized spacial score (nSPS) is 18.2. The maximum absolute atomic E-state index is 12.5. The lowest BCUT2D eigenvalue weighted by molar-refractivity contribution is -0.132. The number of likely N-dealkylation sites (tertiary alicyclic amines) is 1. The number of carbonyl (C=O) groups is 1. The molecule has 0 bridgehead atoms. The van der Waals surface area contributed by atoms with E-state index in [1.807, 2.05) is 21.7 Å². The summed E-state index contributed by atoms with van der Waals surface area (Å²) in [6.07, 6.45) is 5.20. The van der Waals surface area contributed by atoms with Crippen molar-refractivity contribution >= 4 is 28.4 Å². The Morgan fingerprint density at radius 3 is 3.21 bits per heavy atom. The summed E-state index contributed by atoms with van der Waals surface area (Å²) in [6.45, 7) is 1.28. The standard InChI is InChI=1S/C16H17N5O2S/c22-14(6-11-3-5-24-9-11)20-4-1-2-12(8-20)21-15-13(19-16(21)23)7-17-10-18-15/h3,5,7,9-10,12H,1-2,4,6,8H2,(H,19,23)/t12-/m1/s1. The summed E-state index contributed by atoms with van der Waals surface area (Å²) in [6, 6.07) is 1.92. The average Bonchev–Trinajstić information content (AvgIpc) is 3.21. The number of amides is 1. The van der Waals surface area contributed by atoms with E-state index in [-0.39, 0.29) is 17.6 Å². The second-order valence-electron chi connectivity index (χ2n) is 6.00. The predicted octanol–water partition coefficient (Wildman–Crippen LogP) is 1.59. The molecule has 124 valence electrons. The van der Waals surface area contributed by atoms with Gasteiger partial charge in [-0.25, -0.2) is 14.8 Å². The van der Waals surface area contributed by atoms with E-state index in [0.717, 1.165) is 24.9 Å². The van der Waals surface area contributed by atoms with Crippen molar-refractivity contribution in [3.63, 3.8) is 0 Å². The van der Waals surface area contributed by atoms with E-state index in [1.54, 1.807) is 22.1 Å². The van der Waals surface area contributed by atoms with Gasteiger partial charge in [0, 0.05) is 13.1 Å². The van der Waals surface area contributed by atoms with E-state index >= 15 is 0 Å². The van der Waals surface area contributed by atoms with Gasteiger partial charge >= 0.3 is 5.69 Å². The smallest absolute Gasteiger partial charge is 0.328 e. The van der Waals surface area contributed by atoms with Gasteiger partial charge in [0.15, 0.2) is 5.65 Å². The summed E-state index contributed by atoms with van der Waals surface area (Å²) in [7, 11) is 0. The first-order chi connectivity index (χ1) is 11.7. The molecule has 4 rings (SSSR count). The highest BCUT2D eigenvalue weighted by Crippen LogP contribution is 2.23. The summed E-state index contributed by atoms with van der Waals surface area (Å²) in [4.78, 5) is 37.7. The van der Waals surface area contributed by atoms with Crippen molar-refractivity contribution < 1.29 is 4.79 Å². The number of nitrogens with zero attached hydrogens (tertiary/aromatic N) is 4. The van der Waals surface area contributed by atoms with E-state index < -0.39 is 0 Å². The number of aromatic nitrogens is 4. The van der Waals surface area contributed by atoms with Crippen LogP contribution >= 0.6 is 11.3 Å². The summed E-state index contributed by atoms with van der Waals surface area (Å²) in [5.41, 5.74) is 2.09. The molecular formula is C16H17N5O2S. The Labute approximate surface area is 142 Å². The molecule has 0 aromatic carbocycles. The van der Waals surface area contributed by atoms with Crippen LogP contribution in [0.2, 0.25) is 0 Å². The highest BCUT2D eigenvalue weighted by Gasteiger charge is 2.27. The maximum Gasteiger partial charge on any atom is 0.328 e. The fraction of sp³-hybridized carbons (Fsp3) is 0.375. The van der Waals surface area contributed by atoms with Crippen molar-refractivity contribution in [2.45, 2.75) is 25.3 Å². The molecule has 1 aliphatic rings. The molecule has 1 atom stereocenters. The third-order valence-electron chi connectivity index (χ3n) is 4.43. The van der Waals surface area contributed by atoms with Crippen molar-refractivity contribution in [2.75, 3.05) is 13.1 Å². The molecule has 1 N–H and O–H groups in total. The molecule has 1 amide bonds. The van der Waals surface area contributed by atoms with Crippen LogP contribution in [-0.2, 0) is 11.2 Å². The molecule has 1 fully saturated rings. The van der Waals surface area contributed by atoms with Crippen molar-refractivity contribution in [1.82, 2.24) is 24.4 Å². The number of imidazole rings is 1. The van der Waals surface area contributed by atoms with Gasteiger partial charge in [0.1, 0.15) is 11.8 Å². The Morgan fingerprint density at radius 1 is 1.46 bits per heavy atom. The van der Waals surface area contributed by atoms with Crippen molar-refractivity contribution in [3.05, 3.63) is 45.4 Å². The van der Waals surface area contributed by atoms with E-state index in [2.05, 4.69) is 15.0 Å². The van der Waals surface area contributed by atoms with Crippen LogP contribution in [0.5, 0.6) is 0 Å². The molecule has 0 spiro atoms. The molecule has 24 heavy (non-hydrogen) atoms. The Morgan fingerprint density at radius 2 is 2.38 bits per heavy atom. The van der Waals surface area contributed by atoms with Gasteiger partial charge in [0.25, 0.3) is 0 Å². The van der Waals surface area contributed by atoms with E-state index in [0.29, 0.717) is 24.1 Å². The number of nitrogens with one attached hydrogen (secondary N) is 1. The molecule has 0 aliphatic carbocycles. The van der Waals surface area contributed by atoms with Crippen molar-refractivity contribution in [3.8, 4) is 0 Å². The van der Waals surface area contributed by atoms with Gasteiger partial charge in [-0.15, -0.1) is 0 Å². The molecule has 3 aromatic rings. The monoisotopic (exact) mass is 343 g/mol. The third-order valence-corrected chi connectivity index (χ3v) is 5.16. The average molecular weight is 343 g/mol. The summed E-state index contributed by atoms with van der Waals surface area (Å²) >= 11 is 1.60. The van der Waals surface area contributed by atoms with Crippen LogP contribution in [0.3, 0.4) is 0 Å². The van der Waals surface area contributed by atoms with Gasteiger partial charge < -0.3 is 9.88 Å². The van der Waals surface area contributed by atoms with Gasteiger partial charge in [0.2, 0.25) is 5.91 Å². The minimum atomic E-state index is -0.192. The third kappa shape index (κ3) is 2.73. The summed E-state index contributed by atoms with van der Waals surface area (Å²) in [5, 5.41) is 3.98. The van der Waals surface area contributed by atoms with Crippen LogP contribution in [0, 0.1) is 0 Å². The first kappa shape index (κ1) is 15.1. The number of rotatable bonds is 3. The van der Waals surface area contributed by atoms with Gasteiger partial charge in [-0.3, -0.25) is 9.36 Å². The molecule has 8 heteroatoms. The first-order valence-corrected chi connectivity index (χ1v) is 8.86. The topological polar surface area (TPSA) is 83.9 Å². The lowest BCUT2D eigenvalue weighted by Gasteiger charge is -2.33. The fourth-order valence-electron chi connectivity index (χ4n) is 3.29. The molecular weight excluding hydrogens is 326 g/mol. The Balaban J connectivity index is 1.57. The second kappa shape index (κ2) is 6.20. The zero-order valence-corrected chi connectivity index (χ0v) is 13.8. The van der Waals surface area contributed by atoms with Gasteiger partial charge in [-0.1, -0.05) is 0 Å². The van der Waals surface area contributed by atoms with E-state index in [1.165, 1.54) is 6.33 Å². The number of hydrogen-bond acceptors (Lipinski definition) is 5. The minimum Gasteiger partial charge on any atom is -0.340 e. The van der Waals surface area contributed by atoms with Crippen LogP contribution in [0.1, 0.15) is 24.4 Å². The molecule has 3 aromatic heterocycles. The van der Waals surface area contributed by atoms with Crippen LogP contribution in [-0.4, -0.2) is 43.4 Å². The van der Waals surface area contributed by atoms with Crippen molar-refractivity contribution in [1.29, 1.82) is 0 Å². The van der Waals surface area contributed by atoms with Crippen LogP contribution in [0.25, 0.3) is 11.2 Å². The summed E-state index contributed by atoms with van der Waals surface area (Å²) in [5.74, 6) is 0.112. The highest BCUT2D eigenvalue weighted by atomic mass is 32.1. The predicted molar refractivity (Wildman–Crippen MR) is 91.0 cm³/mol. The molecule has 0 radical (unpaired) electrons. The van der Waals surface area contributed by atoms with Gasteiger partial charge in [0.05, 0.1) is 18.7 Å². The lowest BCUT2D eigenvalue weighted by Crippen LogP contribution is -2.43. The highest BCUT2D eigenvalue weighted by molar-refractivity contribution is 7.08. The number of H-pyrrole nitrogens is 1.